The van der Waals surface area contributed by atoms with E-state index in [4.69, 9.17) is 0 Å². The minimum atomic E-state index is -4.36. The van der Waals surface area contributed by atoms with Crippen LogP contribution < -0.4 is 5.32 Å². The van der Waals surface area contributed by atoms with Gasteiger partial charge in [0.25, 0.3) is 0 Å². The monoisotopic (exact) mass is 341 g/mol. The van der Waals surface area contributed by atoms with Crippen LogP contribution in [-0.2, 0) is 18.0 Å². The Morgan fingerprint density at radius 3 is 2.57 bits per heavy atom. The fourth-order valence-corrected chi connectivity index (χ4v) is 3.85. The van der Waals surface area contributed by atoms with Gasteiger partial charge in [0.05, 0.1) is 22.3 Å². The smallest absolute Gasteiger partial charge is 0.310 e. The largest absolute Gasteiger partial charge is 0.416 e. The third-order valence-corrected chi connectivity index (χ3v) is 4.98. The van der Waals surface area contributed by atoms with Crippen molar-refractivity contribution in [2.75, 3.05) is 11.1 Å². The van der Waals surface area contributed by atoms with E-state index in [2.05, 4.69) is 10.4 Å². The number of anilines is 1. The first-order valence-electron chi connectivity index (χ1n) is 6.89. The molecule has 0 fully saturated rings. The van der Waals surface area contributed by atoms with Gasteiger partial charge < -0.3 is 5.32 Å². The van der Waals surface area contributed by atoms with Crippen molar-refractivity contribution in [2.45, 2.75) is 18.3 Å². The summed E-state index contributed by atoms with van der Waals surface area (Å²) in [7, 11) is 1.73. The molecule has 1 atom stereocenters. The predicted molar refractivity (Wildman–Crippen MR) is 82.3 cm³/mol. The summed E-state index contributed by atoms with van der Waals surface area (Å²) >= 11 is 1.38. The van der Waals surface area contributed by atoms with Crippen LogP contribution in [0.3, 0.4) is 0 Å². The molecule has 1 aliphatic rings. The number of alkyl halides is 3. The van der Waals surface area contributed by atoms with Crippen molar-refractivity contribution in [1.29, 1.82) is 0 Å². The topological polar surface area (TPSA) is 46.9 Å². The van der Waals surface area contributed by atoms with Crippen molar-refractivity contribution < 1.29 is 18.0 Å². The van der Waals surface area contributed by atoms with Crippen LogP contribution in [0.2, 0.25) is 0 Å². The van der Waals surface area contributed by atoms with Gasteiger partial charge in [-0.2, -0.15) is 18.3 Å². The fourth-order valence-electron chi connectivity index (χ4n) is 2.66. The number of aryl methyl sites for hydroxylation is 2. The Morgan fingerprint density at radius 1 is 1.30 bits per heavy atom. The van der Waals surface area contributed by atoms with Gasteiger partial charge in [0.2, 0.25) is 5.91 Å². The molecule has 1 aliphatic heterocycles. The van der Waals surface area contributed by atoms with Crippen molar-refractivity contribution in [3.8, 4) is 0 Å². The maximum atomic E-state index is 12.7. The average molecular weight is 341 g/mol. The summed E-state index contributed by atoms with van der Waals surface area (Å²) in [5, 5.41) is 6.88. The molecule has 1 aromatic heterocycles. The predicted octanol–water partition coefficient (Wildman–Crippen LogP) is 3.52. The quantitative estimate of drug-likeness (QED) is 0.863. The summed E-state index contributed by atoms with van der Waals surface area (Å²) in [6, 6.07) is 5.07. The molecule has 4 nitrogen and oxygen atoms in total. The molecule has 0 spiro atoms. The molecule has 1 aromatic carbocycles. The SMILES string of the molecule is Cc1nn(C)c2c1[C@@H](c1ccc(C(F)(F)F)cc1)SCC(=O)N2. The van der Waals surface area contributed by atoms with E-state index in [1.807, 2.05) is 6.92 Å². The average Bonchev–Trinajstić information content (AvgIpc) is 2.66. The zero-order valence-corrected chi connectivity index (χ0v) is 13.3. The first-order valence-corrected chi connectivity index (χ1v) is 7.94. The van der Waals surface area contributed by atoms with Gasteiger partial charge in [-0.25, -0.2) is 0 Å². The zero-order chi connectivity index (χ0) is 16.8. The number of nitrogens with zero attached hydrogens (tertiary/aromatic N) is 2. The number of nitrogens with one attached hydrogen (secondary N) is 1. The molecule has 3 rings (SSSR count). The van der Waals surface area contributed by atoms with E-state index in [1.165, 1.54) is 23.9 Å². The molecule has 2 heterocycles. The van der Waals surface area contributed by atoms with E-state index in [9.17, 15) is 18.0 Å². The van der Waals surface area contributed by atoms with Crippen LogP contribution in [0.4, 0.5) is 19.0 Å². The number of aromatic nitrogens is 2. The Hall–Kier alpha value is -1.96. The van der Waals surface area contributed by atoms with Crippen LogP contribution >= 0.6 is 11.8 Å². The molecule has 122 valence electrons. The number of hydrogen-bond acceptors (Lipinski definition) is 3. The molecule has 23 heavy (non-hydrogen) atoms. The Balaban J connectivity index is 2.05. The third-order valence-electron chi connectivity index (χ3n) is 3.71. The summed E-state index contributed by atoms with van der Waals surface area (Å²) in [6.07, 6.45) is -4.36. The number of hydrogen-bond donors (Lipinski definition) is 1. The lowest BCUT2D eigenvalue weighted by Gasteiger charge is -2.16. The maximum Gasteiger partial charge on any atom is 0.416 e. The highest BCUT2D eigenvalue weighted by Gasteiger charge is 2.32. The molecule has 0 aliphatic carbocycles. The summed E-state index contributed by atoms with van der Waals surface area (Å²) in [5.41, 5.74) is 1.62. The normalized spacial score (nSPS) is 18.3. The Kier molecular flexibility index (Phi) is 3.87. The molecule has 2 aromatic rings. The number of carbonyl (C=O) groups is 1. The molecule has 0 radical (unpaired) electrons. The number of fused-ring (bicyclic) bond motifs is 1. The van der Waals surface area contributed by atoms with E-state index in [1.54, 1.807) is 11.7 Å². The minimum absolute atomic E-state index is 0.145. The van der Waals surface area contributed by atoms with Crippen LogP contribution in [0.1, 0.15) is 27.6 Å². The first-order chi connectivity index (χ1) is 10.8. The molecule has 0 saturated carbocycles. The second-order valence-electron chi connectivity index (χ2n) is 5.33. The number of benzene rings is 1. The lowest BCUT2D eigenvalue weighted by Crippen LogP contribution is -2.15. The van der Waals surface area contributed by atoms with Gasteiger partial charge >= 0.3 is 6.18 Å². The van der Waals surface area contributed by atoms with E-state index in [-0.39, 0.29) is 16.9 Å². The summed E-state index contributed by atoms with van der Waals surface area (Å²) in [6.45, 7) is 1.83. The molecule has 1 amide bonds. The molecule has 0 saturated heterocycles. The highest BCUT2D eigenvalue weighted by atomic mass is 32.2. The second kappa shape index (κ2) is 5.59. The van der Waals surface area contributed by atoms with Crippen molar-refractivity contribution >= 4 is 23.5 Å². The first kappa shape index (κ1) is 15.9. The van der Waals surface area contributed by atoms with Gasteiger partial charge in [-0.3, -0.25) is 9.48 Å². The van der Waals surface area contributed by atoms with Crippen LogP contribution in [0.25, 0.3) is 0 Å². The Labute approximate surface area is 135 Å². The third kappa shape index (κ3) is 2.95. The van der Waals surface area contributed by atoms with Gasteiger partial charge in [-0.15, -0.1) is 11.8 Å². The summed E-state index contributed by atoms with van der Waals surface area (Å²) < 4.78 is 39.7. The molecule has 8 heteroatoms. The number of rotatable bonds is 1. The van der Waals surface area contributed by atoms with Crippen molar-refractivity contribution in [1.82, 2.24) is 9.78 Å². The molecular formula is C15H14F3N3OS. The van der Waals surface area contributed by atoms with Gasteiger partial charge in [0, 0.05) is 12.6 Å². The minimum Gasteiger partial charge on any atom is -0.310 e. The second-order valence-corrected chi connectivity index (χ2v) is 6.42. The fraction of sp³-hybridized carbons (Fsp3) is 0.333. The number of thioether (sulfide) groups is 1. The lowest BCUT2D eigenvalue weighted by atomic mass is 10.0. The highest BCUT2D eigenvalue weighted by Crippen LogP contribution is 2.43. The standard InChI is InChI=1S/C15H14F3N3OS/c1-8-12-13(9-3-5-10(6-4-9)15(16,17)18)23-7-11(22)19-14(12)21(2)20-8/h3-6,13H,7H2,1-2H3,(H,19,22)/t13-/m1/s1. The van der Waals surface area contributed by atoms with Gasteiger partial charge in [-0.05, 0) is 24.6 Å². The molecular weight excluding hydrogens is 327 g/mol. The summed E-state index contributed by atoms with van der Waals surface area (Å²) in [5.74, 6) is 0.691. The Bertz CT molecular complexity index is 753. The van der Waals surface area contributed by atoms with Crippen molar-refractivity contribution in [3.63, 3.8) is 0 Å². The summed E-state index contributed by atoms with van der Waals surface area (Å²) in [4.78, 5) is 11.8. The zero-order valence-electron chi connectivity index (χ0n) is 12.4. The molecule has 0 unspecified atom stereocenters. The van der Waals surface area contributed by atoms with E-state index < -0.39 is 11.7 Å². The van der Waals surface area contributed by atoms with Crippen LogP contribution in [-0.4, -0.2) is 21.4 Å². The van der Waals surface area contributed by atoms with Crippen molar-refractivity contribution in [2.24, 2.45) is 7.05 Å². The number of halogens is 3. The van der Waals surface area contributed by atoms with Crippen LogP contribution in [0, 0.1) is 6.92 Å². The van der Waals surface area contributed by atoms with Gasteiger partial charge in [-0.1, -0.05) is 12.1 Å². The van der Waals surface area contributed by atoms with Gasteiger partial charge in [0.15, 0.2) is 0 Å². The van der Waals surface area contributed by atoms with Crippen LogP contribution in [0.15, 0.2) is 24.3 Å². The highest BCUT2D eigenvalue weighted by molar-refractivity contribution is 8.00. The maximum absolute atomic E-state index is 12.7. The lowest BCUT2D eigenvalue weighted by molar-refractivity contribution is -0.137. The van der Waals surface area contributed by atoms with Crippen molar-refractivity contribution in [3.05, 3.63) is 46.6 Å². The van der Waals surface area contributed by atoms with Gasteiger partial charge in [0.1, 0.15) is 5.82 Å². The molecule has 1 N–H and O–H groups in total. The Morgan fingerprint density at radius 2 is 1.96 bits per heavy atom. The number of carbonyl (C=O) groups excluding carboxylic acids is 1. The van der Waals surface area contributed by atoms with E-state index >= 15 is 0 Å². The molecule has 0 bridgehead atoms. The number of amides is 1. The van der Waals surface area contributed by atoms with E-state index in [0.717, 1.165) is 29.0 Å². The van der Waals surface area contributed by atoms with E-state index in [0.29, 0.717) is 5.82 Å². The van der Waals surface area contributed by atoms with Crippen LogP contribution in [0.5, 0.6) is 0 Å².